The maximum atomic E-state index is 12.9. The second-order valence-electron chi connectivity index (χ2n) is 8.58. The Hall–Kier alpha value is -3.71. The van der Waals surface area contributed by atoms with Crippen molar-refractivity contribution in [2.75, 3.05) is 32.2 Å². The van der Waals surface area contributed by atoms with Crippen LogP contribution < -0.4 is 24.3 Å². The number of ether oxygens (including phenoxy) is 4. The molecule has 3 aromatic rings. The van der Waals surface area contributed by atoms with Crippen LogP contribution in [-0.2, 0) is 0 Å². The van der Waals surface area contributed by atoms with Crippen LogP contribution in [0.2, 0.25) is 5.02 Å². The van der Waals surface area contributed by atoms with E-state index in [2.05, 4.69) is 5.32 Å². The molecule has 1 N–H and O–H groups in total. The number of Topliss-reactive ketones (excluding diaryl/α,β-unsaturated/α-hetero) is 1. The van der Waals surface area contributed by atoms with Gasteiger partial charge in [0.1, 0.15) is 22.9 Å². The summed E-state index contributed by atoms with van der Waals surface area (Å²) in [5, 5.41) is 3.54. The third-order valence-corrected chi connectivity index (χ3v) is 6.21. The van der Waals surface area contributed by atoms with Crippen molar-refractivity contribution in [3.63, 3.8) is 0 Å². The van der Waals surface area contributed by atoms with Crippen molar-refractivity contribution < 1.29 is 28.5 Å². The maximum absolute atomic E-state index is 12.9. The number of carbonyl (C=O) groups is 2. The lowest BCUT2D eigenvalue weighted by molar-refractivity contribution is 0.0931. The molecule has 0 fully saturated rings. The molecular formula is C29H30ClNO6. The summed E-state index contributed by atoms with van der Waals surface area (Å²) in [5.41, 5.74) is 1.26. The van der Waals surface area contributed by atoms with E-state index in [0.29, 0.717) is 58.7 Å². The molecule has 0 radical (unpaired) electrons. The smallest absolute Gasteiger partial charge is 0.255 e. The van der Waals surface area contributed by atoms with E-state index in [4.69, 9.17) is 30.5 Å². The number of anilines is 1. The summed E-state index contributed by atoms with van der Waals surface area (Å²) in [7, 11) is 1.50. The van der Waals surface area contributed by atoms with Crippen LogP contribution in [0.3, 0.4) is 0 Å². The second kappa shape index (κ2) is 13.0. The number of unbranched alkanes of at least 4 members (excludes halogenated alkanes) is 3. The van der Waals surface area contributed by atoms with E-state index in [9.17, 15) is 9.59 Å². The number of rotatable bonds is 12. The quantitative estimate of drug-likeness (QED) is 0.270. The first-order valence-corrected chi connectivity index (χ1v) is 12.7. The number of benzene rings is 3. The van der Waals surface area contributed by atoms with Crippen LogP contribution in [0, 0.1) is 0 Å². The number of hydrogen-bond acceptors (Lipinski definition) is 6. The molecule has 0 saturated heterocycles. The molecule has 1 amide bonds. The molecule has 0 unspecified atom stereocenters. The molecule has 0 atom stereocenters. The van der Waals surface area contributed by atoms with E-state index in [0.717, 1.165) is 31.4 Å². The molecule has 0 saturated carbocycles. The molecule has 4 rings (SSSR count). The highest BCUT2D eigenvalue weighted by atomic mass is 35.5. The minimum absolute atomic E-state index is 0.0211. The van der Waals surface area contributed by atoms with Crippen molar-refractivity contribution in [3.8, 4) is 23.0 Å². The fraction of sp³-hybridized carbons (Fsp3) is 0.310. The molecule has 1 heterocycles. The van der Waals surface area contributed by atoms with Gasteiger partial charge in [-0.15, -0.1) is 0 Å². The fourth-order valence-corrected chi connectivity index (χ4v) is 4.09. The molecule has 1 aliphatic rings. The molecule has 0 aliphatic carbocycles. The summed E-state index contributed by atoms with van der Waals surface area (Å²) in [6.45, 7) is 1.54. The molecule has 0 bridgehead atoms. The Labute approximate surface area is 221 Å². The van der Waals surface area contributed by atoms with Crippen LogP contribution in [0.4, 0.5) is 5.69 Å². The highest BCUT2D eigenvalue weighted by molar-refractivity contribution is 6.30. The highest BCUT2D eigenvalue weighted by Crippen LogP contribution is 2.40. The molecule has 3 aromatic carbocycles. The lowest BCUT2D eigenvalue weighted by Gasteiger charge is -2.21. The van der Waals surface area contributed by atoms with Gasteiger partial charge in [-0.1, -0.05) is 11.6 Å². The van der Waals surface area contributed by atoms with Gasteiger partial charge in [0.15, 0.2) is 11.5 Å². The number of amides is 1. The van der Waals surface area contributed by atoms with Gasteiger partial charge in [-0.25, -0.2) is 0 Å². The summed E-state index contributed by atoms with van der Waals surface area (Å²) in [6, 6.07) is 17.6. The van der Waals surface area contributed by atoms with Crippen LogP contribution in [0.1, 0.15) is 52.8 Å². The first-order valence-electron chi connectivity index (χ1n) is 12.3. The van der Waals surface area contributed by atoms with Gasteiger partial charge in [-0.05, 0) is 86.3 Å². The van der Waals surface area contributed by atoms with E-state index in [1.54, 1.807) is 36.4 Å². The lowest BCUT2D eigenvalue weighted by atomic mass is 10.0. The largest absolute Gasteiger partial charge is 0.494 e. The number of carbonyl (C=O) groups excluding carboxylic acids is 2. The Kier molecular flexibility index (Phi) is 9.27. The monoisotopic (exact) mass is 523 g/mol. The predicted octanol–water partition coefficient (Wildman–Crippen LogP) is 6.58. The summed E-state index contributed by atoms with van der Waals surface area (Å²) in [4.78, 5) is 25.1. The zero-order chi connectivity index (χ0) is 26.0. The van der Waals surface area contributed by atoms with Crippen molar-refractivity contribution in [1.29, 1.82) is 0 Å². The van der Waals surface area contributed by atoms with Crippen molar-refractivity contribution in [2.45, 2.75) is 32.1 Å². The van der Waals surface area contributed by atoms with Gasteiger partial charge in [-0.2, -0.15) is 0 Å². The van der Waals surface area contributed by atoms with Crippen LogP contribution >= 0.6 is 11.6 Å². The fourth-order valence-electron chi connectivity index (χ4n) is 3.96. The standard InChI is InChI=1S/C29H30ClNO6/c1-34-26-15-14-24-25(32)16-19-37-28(24)27(26)31-29(33)20-6-10-22(11-7-20)35-17-4-2-3-5-18-36-23-12-8-21(30)9-13-23/h6-15H,2-5,16-19H2,1H3,(H,31,33). The number of halogens is 1. The number of ketones is 1. The van der Waals surface area contributed by atoms with E-state index in [-0.39, 0.29) is 18.3 Å². The van der Waals surface area contributed by atoms with Crippen LogP contribution in [0.25, 0.3) is 0 Å². The molecule has 7 nitrogen and oxygen atoms in total. The van der Waals surface area contributed by atoms with Crippen molar-refractivity contribution >= 4 is 29.0 Å². The first-order chi connectivity index (χ1) is 18.0. The van der Waals surface area contributed by atoms with E-state index >= 15 is 0 Å². The zero-order valence-corrected chi connectivity index (χ0v) is 21.5. The predicted molar refractivity (Wildman–Crippen MR) is 143 cm³/mol. The second-order valence-corrected chi connectivity index (χ2v) is 9.02. The Bertz CT molecular complexity index is 1210. The molecule has 8 heteroatoms. The maximum Gasteiger partial charge on any atom is 0.255 e. The topological polar surface area (TPSA) is 83.1 Å². The summed E-state index contributed by atoms with van der Waals surface area (Å²) in [6.07, 6.45) is 4.31. The molecule has 0 spiro atoms. The Morgan fingerprint density at radius 3 is 2.14 bits per heavy atom. The third-order valence-electron chi connectivity index (χ3n) is 5.96. The van der Waals surface area contributed by atoms with E-state index < -0.39 is 0 Å². The molecule has 194 valence electrons. The Morgan fingerprint density at radius 1 is 0.892 bits per heavy atom. The van der Waals surface area contributed by atoms with Gasteiger partial charge in [0.2, 0.25) is 0 Å². The minimum atomic E-state index is -0.333. The van der Waals surface area contributed by atoms with Gasteiger partial charge in [0.25, 0.3) is 5.91 Å². The number of methoxy groups -OCH3 is 1. The van der Waals surface area contributed by atoms with E-state index in [1.165, 1.54) is 7.11 Å². The number of nitrogens with one attached hydrogen (secondary N) is 1. The van der Waals surface area contributed by atoms with Crippen molar-refractivity contribution in [3.05, 3.63) is 76.8 Å². The zero-order valence-electron chi connectivity index (χ0n) is 20.8. The average molecular weight is 524 g/mol. The minimum Gasteiger partial charge on any atom is -0.494 e. The molecule has 1 aliphatic heterocycles. The first kappa shape index (κ1) is 26.4. The van der Waals surface area contributed by atoms with Gasteiger partial charge in [0.05, 0.1) is 32.5 Å². The average Bonchev–Trinajstić information content (AvgIpc) is 2.92. The molecular weight excluding hydrogens is 494 g/mol. The molecule has 0 aromatic heterocycles. The Balaban J connectivity index is 1.20. The molecule has 37 heavy (non-hydrogen) atoms. The van der Waals surface area contributed by atoms with Crippen LogP contribution in [0.5, 0.6) is 23.0 Å². The van der Waals surface area contributed by atoms with Crippen molar-refractivity contribution in [1.82, 2.24) is 0 Å². The normalized spacial score (nSPS) is 12.3. The number of hydrogen-bond donors (Lipinski definition) is 1. The SMILES string of the molecule is COc1ccc2c(c1NC(=O)c1ccc(OCCCCCCOc3ccc(Cl)cc3)cc1)OCCC2=O. The van der Waals surface area contributed by atoms with Gasteiger partial charge in [-0.3, -0.25) is 9.59 Å². The van der Waals surface area contributed by atoms with Crippen molar-refractivity contribution in [2.24, 2.45) is 0 Å². The number of fused-ring (bicyclic) bond motifs is 1. The summed E-state index contributed by atoms with van der Waals surface area (Å²) < 4.78 is 22.6. The van der Waals surface area contributed by atoms with Gasteiger partial charge < -0.3 is 24.3 Å². The van der Waals surface area contributed by atoms with Gasteiger partial charge in [0, 0.05) is 17.0 Å². The third kappa shape index (κ3) is 7.17. The summed E-state index contributed by atoms with van der Waals surface area (Å²) >= 11 is 5.87. The highest BCUT2D eigenvalue weighted by Gasteiger charge is 2.25. The van der Waals surface area contributed by atoms with E-state index in [1.807, 2.05) is 24.3 Å². The van der Waals surface area contributed by atoms with Gasteiger partial charge >= 0.3 is 0 Å². The summed E-state index contributed by atoms with van der Waals surface area (Å²) in [5.74, 6) is 1.95. The van der Waals surface area contributed by atoms with Crippen LogP contribution in [-0.4, -0.2) is 38.6 Å². The Morgan fingerprint density at radius 2 is 1.51 bits per heavy atom. The van der Waals surface area contributed by atoms with Crippen LogP contribution in [0.15, 0.2) is 60.7 Å². The lowest BCUT2D eigenvalue weighted by Crippen LogP contribution is -2.19.